The Morgan fingerprint density at radius 3 is 1.81 bits per heavy atom. The van der Waals surface area contributed by atoms with Crippen LogP contribution in [0.2, 0.25) is 0 Å². The minimum absolute atomic E-state index is 0. The van der Waals surface area contributed by atoms with E-state index >= 15 is 0 Å². The molecule has 0 saturated carbocycles. The van der Waals surface area contributed by atoms with Crippen LogP contribution in [0.1, 0.15) is 34.5 Å². The standard InChI is InChI=1S/C26H28N2O2.ClH/c1-2-30-24-15-13-23(14-16-24)26(29)28-19-17-27(18-20-28)25(21-9-5-3-6-10-21)22-11-7-4-8-12-22;/h3-16,25H,2,17-20H2,1H3;1H/p-1. The first-order valence-electron chi connectivity index (χ1n) is 10.6. The fourth-order valence-corrected chi connectivity index (χ4v) is 4.11. The molecule has 5 heteroatoms. The van der Waals surface area contributed by atoms with Gasteiger partial charge < -0.3 is 22.0 Å². The van der Waals surface area contributed by atoms with Crippen molar-refractivity contribution in [1.29, 1.82) is 0 Å². The second-order valence-electron chi connectivity index (χ2n) is 7.51. The van der Waals surface area contributed by atoms with Crippen molar-refractivity contribution in [2.45, 2.75) is 13.0 Å². The molecule has 4 nitrogen and oxygen atoms in total. The lowest BCUT2D eigenvalue weighted by atomic mass is 9.96. The number of hydrogen-bond acceptors (Lipinski definition) is 3. The Kier molecular flexibility index (Phi) is 8.10. The van der Waals surface area contributed by atoms with Gasteiger partial charge in [0.2, 0.25) is 0 Å². The Balaban J connectivity index is 0.00000272. The number of piperazine rings is 1. The molecule has 0 N–H and O–H groups in total. The summed E-state index contributed by atoms with van der Waals surface area (Å²) >= 11 is 0. The highest BCUT2D eigenvalue weighted by molar-refractivity contribution is 5.94. The van der Waals surface area contributed by atoms with E-state index in [-0.39, 0.29) is 24.4 Å². The van der Waals surface area contributed by atoms with E-state index in [1.807, 2.05) is 36.1 Å². The lowest BCUT2D eigenvalue weighted by Gasteiger charge is -2.39. The summed E-state index contributed by atoms with van der Waals surface area (Å²) in [4.78, 5) is 17.4. The number of carbonyl (C=O) groups excluding carboxylic acids is 1. The van der Waals surface area contributed by atoms with Crippen LogP contribution < -0.4 is 17.1 Å². The number of hydrogen-bond donors (Lipinski definition) is 0. The van der Waals surface area contributed by atoms with E-state index in [1.165, 1.54) is 11.1 Å². The molecule has 0 bridgehead atoms. The summed E-state index contributed by atoms with van der Waals surface area (Å²) in [6.07, 6.45) is 0. The second kappa shape index (κ2) is 11.0. The second-order valence-corrected chi connectivity index (χ2v) is 7.51. The highest BCUT2D eigenvalue weighted by Crippen LogP contribution is 2.29. The molecule has 1 saturated heterocycles. The Hall–Kier alpha value is -2.82. The van der Waals surface area contributed by atoms with E-state index in [1.54, 1.807) is 0 Å². The van der Waals surface area contributed by atoms with Crippen LogP contribution in [0.15, 0.2) is 84.9 Å². The maximum Gasteiger partial charge on any atom is 0.253 e. The largest absolute Gasteiger partial charge is 1.00 e. The van der Waals surface area contributed by atoms with Crippen LogP contribution in [0.5, 0.6) is 5.75 Å². The van der Waals surface area contributed by atoms with Crippen LogP contribution in [-0.4, -0.2) is 48.5 Å². The number of amides is 1. The summed E-state index contributed by atoms with van der Waals surface area (Å²) in [5.41, 5.74) is 3.29. The zero-order chi connectivity index (χ0) is 20.8. The lowest BCUT2D eigenvalue weighted by molar-refractivity contribution is -0.0000174. The van der Waals surface area contributed by atoms with Gasteiger partial charge in [-0.2, -0.15) is 0 Å². The third kappa shape index (κ3) is 5.46. The van der Waals surface area contributed by atoms with Gasteiger partial charge in [0.15, 0.2) is 0 Å². The van der Waals surface area contributed by atoms with Crippen LogP contribution in [0.3, 0.4) is 0 Å². The molecule has 1 heterocycles. The topological polar surface area (TPSA) is 32.8 Å². The molecule has 162 valence electrons. The first kappa shape index (κ1) is 22.9. The molecular formula is C26H28ClN2O2-. The summed E-state index contributed by atoms with van der Waals surface area (Å²) in [5.74, 6) is 0.890. The molecule has 1 aliphatic heterocycles. The summed E-state index contributed by atoms with van der Waals surface area (Å²) in [5, 5.41) is 0. The minimum Gasteiger partial charge on any atom is -1.00 e. The molecule has 0 spiro atoms. The van der Waals surface area contributed by atoms with Crippen molar-refractivity contribution in [3.8, 4) is 5.75 Å². The first-order chi connectivity index (χ1) is 14.8. The van der Waals surface area contributed by atoms with Crippen molar-refractivity contribution in [2.24, 2.45) is 0 Å². The Morgan fingerprint density at radius 1 is 0.806 bits per heavy atom. The van der Waals surface area contributed by atoms with Crippen LogP contribution in [-0.2, 0) is 0 Å². The van der Waals surface area contributed by atoms with Gasteiger partial charge >= 0.3 is 0 Å². The van der Waals surface area contributed by atoms with E-state index in [0.29, 0.717) is 6.61 Å². The molecule has 1 fully saturated rings. The maximum absolute atomic E-state index is 13.0. The predicted octanol–water partition coefficient (Wildman–Crippen LogP) is 1.64. The zero-order valence-electron chi connectivity index (χ0n) is 17.8. The van der Waals surface area contributed by atoms with Crippen molar-refractivity contribution in [2.75, 3.05) is 32.8 Å². The highest BCUT2D eigenvalue weighted by Gasteiger charge is 2.28. The summed E-state index contributed by atoms with van der Waals surface area (Å²) < 4.78 is 5.48. The SMILES string of the molecule is CCOc1ccc(C(=O)N2CCN(C(c3ccccc3)c3ccccc3)CC2)cc1.[Cl-]. The van der Waals surface area contributed by atoms with Crippen molar-refractivity contribution >= 4 is 5.91 Å². The van der Waals surface area contributed by atoms with Crippen LogP contribution in [0.25, 0.3) is 0 Å². The average molecular weight is 436 g/mol. The fourth-order valence-electron chi connectivity index (χ4n) is 4.11. The molecule has 0 radical (unpaired) electrons. The molecule has 1 amide bonds. The van der Waals surface area contributed by atoms with E-state index < -0.39 is 0 Å². The van der Waals surface area contributed by atoms with E-state index in [4.69, 9.17) is 4.74 Å². The molecule has 31 heavy (non-hydrogen) atoms. The Labute approximate surface area is 190 Å². The van der Waals surface area contributed by atoms with Crippen molar-refractivity contribution < 1.29 is 21.9 Å². The third-order valence-electron chi connectivity index (χ3n) is 5.61. The van der Waals surface area contributed by atoms with Crippen LogP contribution in [0.4, 0.5) is 0 Å². The monoisotopic (exact) mass is 435 g/mol. The molecular weight excluding hydrogens is 408 g/mol. The van der Waals surface area contributed by atoms with E-state index in [0.717, 1.165) is 37.5 Å². The van der Waals surface area contributed by atoms with Gasteiger partial charge in [-0.1, -0.05) is 60.7 Å². The molecule has 0 aliphatic carbocycles. The highest BCUT2D eigenvalue weighted by atomic mass is 35.5. The van der Waals surface area contributed by atoms with Gasteiger partial charge in [0.1, 0.15) is 5.75 Å². The number of nitrogens with zero attached hydrogens (tertiary/aromatic N) is 2. The summed E-state index contributed by atoms with van der Waals surface area (Å²) in [6, 6.07) is 28.9. The van der Waals surface area contributed by atoms with Gasteiger partial charge in [-0.15, -0.1) is 0 Å². The first-order valence-corrected chi connectivity index (χ1v) is 10.6. The number of ether oxygens (including phenoxy) is 1. The smallest absolute Gasteiger partial charge is 0.253 e. The van der Waals surface area contributed by atoms with Gasteiger partial charge in [0.25, 0.3) is 5.91 Å². The van der Waals surface area contributed by atoms with Crippen molar-refractivity contribution in [1.82, 2.24) is 9.80 Å². The maximum atomic E-state index is 13.0. The van der Waals surface area contributed by atoms with E-state index in [2.05, 4.69) is 65.6 Å². The average Bonchev–Trinajstić information content (AvgIpc) is 2.81. The molecule has 3 aromatic rings. The van der Waals surface area contributed by atoms with Crippen LogP contribution in [0, 0.1) is 0 Å². The molecule has 4 rings (SSSR count). The zero-order valence-corrected chi connectivity index (χ0v) is 18.5. The van der Waals surface area contributed by atoms with Crippen molar-refractivity contribution in [3.63, 3.8) is 0 Å². The Morgan fingerprint density at radius 2 is 1.32 bits per heavy atom. The molecule has 3 aromatic carbocycles. The van der Waals surface area contributed by atoms with Gasteiger partial charge in [0, 0.05) is 31.7 Å². The number of carbonyl (C=O) groups is 1. The molecule has 0 atom stereocenters. The quantitative estimate of drug-likeness (QED) is 0.590. The molecule has 0 aromatic heterocycles. The van der Waals surface area contributed by atoms with Gasteiger partial charge in [-0.3, -0.25) is 9.69 Å². The summed E-state index contributed by atoms with van der Waals surface area (Å²) in [7, 11) is 0. The van der Waals surface area contributed by atoms with Gasteiger partial charge in [-0.25, -0.2) is 0 Å². The number of halogens is 1. The molecule has 0 unspecified atom stereocenters. The number of benzene rings is 3. The van der Waals surface area contributed by atoms with E-state index in [9.17, 15) is 4.79 Å². The Bertz CT molecular complexity index is 901. The fraction of sp³-hybridized carbons (Fsp3) is 0.269. The van der Waals surface area contributed by atoms with Gasteiger partial charge in [0.05, 0.1) is 12.6 Å². The molecule has 1 aliphatic rings. The predicted molar refractivity (Wildman–Crippen MR) is 120 cm³/mol. The normalized spacial score (nSPS) is 14.2. The lowest BCUT2D eigenvalue weighted by Crippen LogP contribution is -3.00. The van der Waals surface area contributed by atoms with Gasteiger partial charge in [-0.05, 0) is 42.3 Å². The minimum atomic E-state index is 0. The number of rotatable bonds is 6. The van der Waals surface area contributed by atoms with Crippen LogP contribution >= 0.6 is 0 Å². The van der Waals surface area contributed by atoms with Crippen molar-refractivity contribution in [3.05, 3.63) is 102 Å². The third-order valence-corrected chi connectivity index (χ3v) is 5.61. The summed E-state index contributed by atoms with van der Waals surface area (Å²) in [6.45, 7) is 5.72.